The molecule has 0 bridgehead atoms. The second-order valence-electron chi connectivity index (χ2n) is 7.23. The van der Waals surface area contributed by atoms with E-state index >= 15 is 0 Å². The number of likely N-dealkylation sites (tertiary alicyclic amines) is 1. The van der Waals surface area contributed by atoms with E-state index in [1.54, 1.807) is 0 Å². The van der Waals surface area contributed by atoms with Crippen molar-refractivity contribution in [2.24, 2.45) is 11.8 Å². The molecule has 1 heterocycles. The first-order valence-corrected chi connectivity index (χ1v) is 8.43. The van der Waals surface area contributed by atoms with E-state index in [4.69, 9.17) is 0 Å². The number of nitrogens with one attached hydrogen (secondary N) is 1. The average molecular weight is 277 g/mol. The summed E-state index contributed by atoms with van der Waals surface area (Å²) >= 11 is 0. The molecular weight excluding hydrogens is 246 g/mol. The Labute approximate surface area is 124 Å². The van der Waals surface area contributed by atoms with Crippen LogP contribution in [0.2, 0.25) is 0 Å². The van der Waals surface area contributed by atoms with Gasteiger partial charge >= 0.3 is 0 Å². The lowest BCUT2D eigenvalue weighted by molar-refractivity contribution is 0.0140. The van der Waals surface area contributed by atoms with Crippen molar-refractivity contribution >= 4 is 0 Å². The summed E-state index contributed by atoms with van der Waals surface area (Å²) in [6, 6.07) is 3.83. The monoisotopic (exact) mass is 277 g/mol. The predicted molar refractivity (Wildman–Crippen MR) is 83.4 cm³/mol. The summed E-state index contributed by atoms with van der Waals surface area (Å²) in [5, 5.41) is 13.1. The Bertz CT molecular complexity index is 358. The molecule has 0 spiro atoms. The molecule has 0 aromatic rings. The van der Waals surface area contributed by atoms with E-state index < -0.39 is 0 Å². The molecule has 0 aromatic heterocycles. The van der Waals surface area contributed by atoms with Gasteiger partial charge in [-0.25, -0.2) is 0 Å². The van der Waals surface area contributed by atoms with Crippen LogP contribution >= 0.6 is 0 Å². The normalized spacial score (nSPS) is 43.1. The number of hydrogen-bond donors (Lipinski definition) is 1. The van der Waals surface area contributed by atoms with Crippen LogP contribution in [0, 0.1) is 23.2 Å². The van der Waals surface area contributed by atoms with E-state index in [9.17, 15) is 5.26 Å². The minimum absolute atomic E-state index is 0.276. The topological polar surface area (TPSA) is 39.1 Å². The van der Waals surface area contributed by atoms with Gasteiger partial charge in [-0.3, -0.25) is 10.2 Å². The molecule has 0 amide bonds. The third-order valence-corrected chi connectivity index (χ3v) is 5.57. The molecule has 1 saturated carbocycles. The van der Waals surface area contributed by atoms with Crippen LogP contribution in [-0.2, 0) is 0 Å². The van der Waals surface area contributed by atoms with E-state index in [1.165, 1.54) is 25.8 Å². The molecule has 1 N–H and O–H groups in total. The quantitative estimate of drug-likeness (QED) is 0.861. The van der Waals surface area contributed by atoms with Crippen molar-refractivity contribution in [1.82, 2.24) is 10.2 Å². The SMILES string of the molecule is CCNC1(C#N)CCCC(N2CC(C)CC(C)C2C)C1. The van der Waals surface area contributed by atoms with Gasteiger partial charge in [0.05, 0.1) is 6.07 Å². The van der Waals surface area contributed by atoms with Gasteiger partial charge in [0.1, 0.15) is 5.54 Å². The highest BCUT2D eigenvalue weighted by molar-refractivity contribution is 5.11. The lowest BCUT2D eigenvalue weighted by atomic mass is 9.76. The van der Waals surface area contributed by atoms with Crippen molar-refractivity contribution in [2.45, 2.75) is 77.4 Å². The Morgan fingerprint density at radius 2 is 2.10 bits per heavy atom. The van der Waals surface area contributed by atoms with E-state index in [-0.39, 0.29) is 5.54 Å². The van der Waals surface area contributed by atoms with Gasteiger partial charge in [-0.15, -0.1) is 0 Å². The molecule has 2 aliphatic rings. The molecule has 2 rings (SSSR count). The summed E-state index contributed by atoms with van der Waals surface area (Å²) in [6.45, 7) is 11.4. The van der Waals surface area contributed by atoms with Crippen LogP contribution in [0.3, 0.4) is 0 Å². The molecule has 1 aliphatic carbocycles. The largest absolute Gasteiger partial charge is 0.300 e. The Balaban J connectivity index is 2.10. The number of nitrogens with zero attached hydrogens (tertiary/aromatic N) is 2. The molecule has 5 atom stereocenters. The highest BCUT2D eigenvalue weighted by atomic mass is 15.2. The first kappa shape index (κ1) is 15.8. The Morgan fingerprint density at radius 3 is 2.75 bits per heavy atom. The Hall–Kier alpha value is -0.590. The molecule has 1 aliphatic heterocycles. The maximum Gasteiger partial charge on any atom is 0.108 e. The molecule has 5 unspecified atom stereocenters. The van der Waals surface area contributed by atoms with Gasteiger partial charge in [0.25, 0.3) is 0 Å². The van der Waals surface area contributed by atoms with Crippen LogP contribution in [0.25, 0.3) is 0 Å². The van der Waals surface area contributed by atoms with E-state index in [0.29, 0.717) is 12.1 Å². The second kappa shape index (κ2) is 6.45. The lowest BCUT2D eigenvalue weighted by Crippen LogP contribution is -2.57. The zero-order chi connectivity index (χ0) is 14.8. The zero-order valence-corrected chi connectivity index (χ0v) is 13.7. The summed E-state index contributed by atoms with van der Waals surface area (Å²) in [6.07, 6.45) is 5.80. The Morgan fingerprint density at radius 1 is 1.35 bits per heavy atom. The molecule has 0 aromatic carbocycles. The number of rotatable bonds is 3. The van der Waals surface area contributed by atoms with Gasteiger partial charge in [0.15, 0.2) is 0 Å². The van der Waals surface area contributed by atoms with Crippen LogP contribution in [0.4, 0.5) is 0 Å². The standard InChI is InChI=1S/C17H31N3/c1-5-19-17(12-18)8-6-7-16(10-17)20-11-13(2)9-14(3)15(20)4/h13-16,19H,5-11H2,1-4H3. The summed E-state index contributed by atoms with van der Waals surface area (Å²) < 4.78 is 0. The van der Waals surface area contributed by atoms with Crippen molar-refractivity contribution in [3.8, 4) is 6.07 Å². The summed E-state index contributed by atoms with van der Waals surface area (Å²) in [5.41, 5.74) is -0.276. The fraction of sp³-hybridized carbons (Fsp3) is 0.941. The highest BCUT2D eigenvalue weighted by Gasteiger charge is 2.41. The van der Waals surface area contributed by atoms with Crippen molar-refractivity contribution in [1.29, 1.82) is 5.26 Å². The minimum atomic E-state index is -0.276. The number of piperidine rings is 1. The smallest absolute Gasteiger partial charge is 0.108 e. The van der Waals surface area contributed by atoms with Crippen LogP contribution in [0.15, 0.2) is 0 Å². The maximum absolute atomic E-state index is 9.63. The molecule has 0 radical (unpaired) electrons. The van der Waals surface area contributed by atoms with Crippen molar-refractivity contribution in [3.63, 3.8) is 0 Å². The first-order chi connectivity index (χ1) is 9.51. The van der Waals surface area contributed by atoms with Crippen LogP contribution in [-0.4, -0.2) is 35.6 Å². The summed E-state index contributed by atoms with van der Waals surface area (Å²) in [5.74, 6) is 1.56. The molecule has 20 heavy (non-hydrogen) atoms. The molecule has 114 valence electrons. The lowest BCUT2D eigenvalue weighted by Gasteiger charge is -2.49. The number of nitriles is 1. The van der Waals surface area contributed by atoms with Gasteiger partial charge in [0, 0.05) is 18.6 Å². The van der Waals surface area contributed by atoms with Crippen molar-refractivity contribution in [2.75, 3.05) is 13.1 Å². The maximum atomic E-state index is 9.63. The summed E-state index contributed by atoms with van der Waals surface area (Å²) in [4.78, 5) is 2.71. The van der Waals surface area contributed by atoms with E-state index in [0.717, 1.165) is 31.2 Å². The molecule has 3 nitrogen and oxygen atoms in total. The van der Waals surface area contributed by atoms with Gasteiger partial charge in [0.2, 0.25) is 0 Å². The molecule has 2 fully saturated rings. The van der Waals surface area contributed by atoms with Gasteiger partial charge in [-0.2, -0.15) is 5.26 Å². The average Bonchev–Trinajstić information content (AvgIpc) is 2.43. The molecule has 3 heteroatoms. The second-order valence-corrected chi connectivity index (χ2v) is 7.23. The van der Waals surface area contributed by atoms with Gasteiger partial charge < -0.3 is 0 Å². The third kappa shape index (κ3) is 3.18. The highest BCUT2D eigenvalue weighted by Crippen LogP contribution is 2.36. The van der Waals surface area contributed by atoms with E-state index in [1.807, 2.05) is 0 Å². The molecule has 1 saturated heterocycles. The van der Waals surface area contributed by atoms with Crippen molar-refractivity contribution < 1.29 is 0 Å². The summed E-state index contributed by atoms with van der Waals surface area (Å²) in [7, 11) is 0. The third-order valence-electron chi connectivity index (χ3n) is 5.57. The first-order valence-electron chi connectivity index (χ1n) is 8.43. The van der Waals surface area contributed by atoms with E-state index in [2.05, 4.69) is 44.0 Å². The fourth-order valence-corrected chi connectivity index (χ4v) is 4.41. The predicted octanol–water partition coefficient (Wildman–Crippen LogP) is 3.17. The Kier molecular flexibility index (Phi) is 5.09. The van der Waals surface area contributed by atoms with Gasteiger partial charge in [-0.1, -0.05) is 20.8 Å². The van der Waals surface area contributed by atoms with Crippen LogP contribution in [0.5, 0.6) is 0 Å². The van der Waals surface area contributed by atoms with Crippen LogP contribution < -0.4 is 5.32 Å². The van der Waals surface area contributed by atoms with Crippen molar-refractivity contribution in [3.05, 3.63) is 0 Å². The van der Waals surface area contributed by atoms with Gasteiger partial charge in [-0.05, 0) is 57.4 Å². The van der Waals surface area contributed by atoms with Crippen LogP contribution in [0.1, 0.15) is 59.8 Å². The number of hydrogen-bond acceptors (Lipinski definition) is 3. The fourth-order valence-electron chi connectivity index (χ4n) is 4.41. The molecular formula is C17H31N3. The minimum Gasteiger partial charge on any atom is -0.300 e. The zero-order valence-electron chi connectivity index (χ0n) is 13.7.